The van der Waals surface area contributed by atoms with E-state index in [2.05, 4.69) is 20.5 Å². The number of ether oxygens (including phenoxy) is 1. The molecule has 0 aliphatic heterocycles. The van der Waals surface area contributed by atoms with Gasteiger partial charge in [0.1, 0.15) is 11.4 Å². The molecule has 1 aromatic heterocycles. The number of nitrogens with one attached hydrogen (secondary N) is 1. The second-order valence-corrected chi connectivity index (χ2v) is 3.53. The molecule has 2 aromatic rings. The Labute approximate surface area is 110 Å². The van der Waals surface area contributed by atoms with Crippen LogP contribution in [0.3, 0.4) is 0 Å². The first-order chi connectivity index (χ1) is 9.31. The minimum absolute atomic E-state index is 0.208. The minimum Gasteiger partial charge on any atom is -0.496 e. The maximum absolute atomic E-state index is 11.6. The molecule has 0 bridgehead atoms. The van der Waals surface area contributed by atoms with Gasteiger partial charge >= 0.3 is 0 Å². The summed E-state index contributed by atoms with van der Waals surface area (Å²) in [7, 11) is 1.57. The van der Waals surface area contributed by atoms with Crippen LogP contribution >= 0.6 is 0 Å². The van der Waals surface area contributed by atoms with Gasteiger partial charge in [-0.05, 0) is 12.1 Å². The van der Waals surface area contributed by atoms with Crippen molar-refractivity contribution in [3.05, 3.63) is 54.1 Å². The summed E-state index contributed by atoms with van der Waals surface area (Å²) in [5.41, 5.74) is 3.35. The maximum atomic E-state index is 11.6. The molecule has 1 amide bonds. The van der Waals surface area contributed by atoms with E-state index in [0.717, 1.165) is 5.56 Å². The van der Waals surface area contributed by atoms with E-state index in [1.807, 2.05) is 24.3 Å². The number of nitrogens with zero attached hydrogens (tertiary/aromatic N) is 3. The van der Waals surface area contributed by atoms with Crippen LogP contribution in [0.2, 0.25) is 0 Å². The minimum atomic E-state index is -0.417. The van der Waals surface area contributed by atoms with Crippen molar-refractivity contribution >= 4 is 12.1 Å². The van der Waals surface area contributed by atoms with E-state index in [-0.39, 0.29) is 5.69 Å². The Balaban J connectivity index is 2.02. The molecule has 0 spiro atoms. The number of amides is 1. The summed E-state index contributed by atoms with van der Waals surface area (Å²) in [4.78, 5) is 19.3. The number of aromatic nitrogens is 2. The average Bonchev–Trinajstić information content (AvgIpc) is 2.48. The van der Waals surface area contributed by atoms with Crippen molar-refractivity contribution in [2.45, 2.75) is 0 Å². The zero-order valence-corrected chi connectivity index (χ0v) is 10.3. The van der Waals surface area contributed by atoms with E-state index >= 15 is 0 Å². The summed E-state index contributed by atoms with van der Waals surface area (Å²) in [6.45, 7) is 0. The summed E-state index contributed by atoms with van der Waals surface area (Å²) in [6.07, 6.45) is 5.81. The van der Waals surface area contributed by atoms with Gasteiger partial charge < -0.3 is 4.74 Å². The Bertz CT molecular complexity index is 584. The van der Waals surface area contributed by atoms with Crippen LogP contribution in [0.1, 0.15) is 16.1 Å². The first-order valence-corrected chi connectivity index (χ1v) is 5.53. The predicted molar refractivity (Wildman–Crippen MR) is 70.1 cm³/mol. The van der Waals surface area contributed by atoms with Crippen molar-refractivity contribution in [2.75, 3.05) is 7.11 Å². The normalized spacial score (nSPS) is 10.4. The number of para-hydroxylation sites is 1. The standard InChI is InChI=1S/C13H12N4O2/c1-19-12-5-3-2-4-10(12)8-16-17-13(18)11-9-14-6-7-15-11/h2-9H,1H3,(H,17,18)/b16-8-. The van der Waals surface area contributed by atoms with Crippen molar-refractivity contribution in [3.63, 3.8) is 0 Å². The third-order valence-corrected chi connectivity index (χ3v) is 2.30. The molecule has 19 heavy (non-hydrogen) atoms. The van der Waals surface area contributed by atoms with E-state index in [1.165, 1.54) is 24.8 Å². The van der Waals surface area contributed by atoms with Crippen LogP contribution < -0.4 is 10.2 Å². The number of rotatable bonds is 4. The second-order valence-electron chi connectivity index (χ2n) is 3.53. The van der Waals surface area contributed by atoms with Crippen molar-refractivity contribution in [1.29, 1.82) is 0 Å². The topological polar surface area (TPSA) is 76.5 Å². The third kappa shape index (κ3) is 3.35. The zero-order chi connectivity index (χ0) is 13.5. The Morgan fingerprint density at radius 1 is 1.37 bits per heavy atom. The van der Waals surface area contributed by atoms with Gasteiger partial charge in [0, 0.05) is 18.0 Å². The van der Waals surface area contributed by atoms with Gasteiger partial charge in [0.25, 0.3) is 5.91 Å². The van der Waals surface area contributed by atoms with Crippen LogP contribution in [0.15, 0.2) is 48.0 Å². The van der Waals surface area contributed by atoms with Crippen LogP contribution in [-0.2, 0) is 0 Å². The molecule has 6 heteroatoms. The molecule has 1 N–H and O–H groups in total. The lowest BCUT2D eigenvalue weighted by atomic mass is 10.2. The Hall–Kier alpha value is -2.76. The number of carbonyl (C=O) groups excluding carboxylic acids is 1. The molecule has 6 nitrogen and oxygen atoms in total. The quantitative estimate of drug-likeness (QED) is 0.659. The first-order valence-electron chi connectivity index (χ1n) is 5.53. The Morgan fingerprint density at radius 3 is 2.95 bits per heavy atom. The second kappa shape index (κ2) is 6.25. The number of carbonyl (C=O) groups is 1. The van der Waals surface area contributed by atoms with Gasteiger partial charge in [0.2, 0.25) is 0 Å². The summed E-state index contributed by atoms with van der Waals surface area (Å²) in [5.74, 6) is 0.263. The molecule has 1 heterocycles. The van der Waals surface area contributed by atoms with Gasteiger partial charge in [-0.1, -0.05) is 12.1 Å². The predicted octanol–water partition coefficient (Wildman–Crippen LogP) is 1.25. The molecule has 96 valence electrons. The van der Waals surface area contributed by atoms with Crippen LogP contribution in [0.4, 0.5) is 0 Å². The molecule has 0 saturated heterocycles. The zero-order valence-electron chi connectivity index (χ0n) is 10.3. The molecular formula is C13H12N4O2. The monoisotopic (exact) mass is 256 g/mol. The highest BCUT2D eigenvalue weighted by Gasteiger charge is 2.04. The highest BCUT2D eigenvalue weighted by atomic mass is 16.5. The van der Waals surface area contributed by atoms with Gasteiger partial charge in [0.15, 0.2) is 0 Å². The van der Waals surface area contributed by atoms with Gasteiger partial charge in [0.05, 0.1) is 19.5 Å². The van der Waals surface area contributed by atoms with Gasteiger partial charge in [-0.15, -0.1) is 0 Å². The van der Waals surface area contributed by atoms with E-state index in [0.29, 0.717) is 5.75 Å². The molecule has 2 rings (SSSR count). The van der Waals surface area contributed by atoms with E-state index in [1.54, 1.807) is 7.11 Å². The molecule has 0 radical (unpaired) electrons. The van der Waals surface area contributed by atoms with Crippen LogP contribution in [0.25, 0.3) is 0 Å². The summed E-state index contributed by atoms with van der Waals surface area (Å²) in [6, 6.07) is 7.35. The van der Waals surface area contributed by atoms with Gasteiger partial charge in [-0.3, -0.25) is 9.78 Å². The van der Waals surface area contributed by atoms with Crippen molar-refractivity contribution < 1.29 is 9.53 Å². The van der Waals surface area contributed by atoms with Crippen LogP contribution in [-0.4, -0.2) is 29.2 Å². The lowest BCUT2D eigenvalue weighted by molar-refractivity contribution is 0.0949. The summed E-state index contributed by atoms with van der Waals surface area (Å²) in [5, 5.41) is 3.85. The van der Waals surface area contributed by atoms with Crippen molar-refractivity contribution in [1.82, 2.24) is 15.4 Å². The number of hydrogen-bond acceptors (Lipinski definition) is 5. The van der Waals surface area contributed by atoms with E-state index < -0.39 is 5.91 Å². The molecule has 0 atom stereocenters. The van der Waals surface area contributed by atoms with Crippen molar-refractivity contribution in [2.24, 2.45) is 5.10 Å². The largest absolute Gasteiger partial charge is 0.496 e. The van der Waals surface area contributed by atoms with Crippen LogP contribution in [0, 0.1) is 0 Å². The number of methoxy groups -OCH3 is 1. The van der Waals surface area contributed by atoms with Crippen LogP contribution in [0.5, 0.6) is 5.75 Å². The smallest absolute Gasteiger partial charge is 0.291 e. The lowest BCUT2D eigenvalue weighted by Crippen LogP contribution is -2.19. The highest BCUT2D eigenvalue weighted by Crippen LogP contribution is 2.14. The van der Waals surface area contributed by atoms with Gasteiger partial charge in [-0.2, -0.15) is 5.10 Å². The molecule has 0 saturated carbocycles. The first kappa shape index (κ1) is 12.7. The maximum Gasteiger partial charge on any atom is 0.291 e. The fourth-order valence-electron chi connectivity index (χ4n) is 1.41. The van der Waals surface area contributed by atoms with Crippen molar-refractivity contribution in [3.8, 4) is 5.75 Å². The molecular weight excluding hydrogens is 244 g/mol. The summed E-state index contributed by atoms with van der Waals surface area (Å²) < 4.78 is 5.16. The van der Waals surface area contributed by atoms with E-state index in [4.69, 9.17) is 4.74 Å². The van der Waals surface area contributed by atoms with E-state index in [9.17, 15) is 4.79 Å². The lowest BCUT2D eigenvalue weighted by Gasteiger charge is -2.03. The fourth-order valence-corrected chi connectivity index (χ4v) is 1.41. The highest BCUT2D eigenvalue weighted by molar-refractivity contribution is 5.93. The molecule has 1 aromatic carbocycles. The number of hydrazone groups is 1. The Kier molecular flexibility index (Phi) is 4.17. The number of hydrogen-bond donors (Lipinski definition) is 1. The van der Waals surface area contributed by atoms with Gasteiger partial charge in [-0.25, -0.2) is 10.4 Å². The molecule has 0 aliphatic rings. The fraction of sp³-hybridized carbons (Fsp3) is 0.0769. The molecule has 0 aliphatic carbocycles. The SMILES string of the molecule is COc1ccccc1/C=N\NC(=O)c1cnccn1. The average molecular weight is 256 g/mol. The third-order valence-electron chi connectivity index (χ3n) is 2.30. The molecule has 0 unspecified atom stereocenters. The summed E-state index contributed by atoms with van der Waals surface area (Å²) >= 11 is 0. The number of benzene rings is 1. The Morgan fingerprint density at radius 2 is 2.21 bits per heavy atom. The molecule has 0 fully saturated rings.